The lowest BCUT2D eigenvalue weighted by molar-refractivity contribution is 0.121. The highest BCUT2D eigenvalue weighted by molar-refractivity contribution is 7.84. The molecule has 1 aliphatic rings. The van der Waals surface area contributed by atoms with Crippen LogP contribution in [0.25, 0.3) is 0 Å². The zero-order valence-electron chi connectivity index (χ0n) is 8.87. The number of hydrogen-bond acceptors (Lipinski definition) is 3. The first-order chi connectivity index (χ1) is 6.70. The van der Waals surface area contributed by atoms with Gasteiger partial charge in [0.25, 0.3) is 0 Å². The molecule has 1 saturated carbocycles. The smallest absolute Gasteiger partial charge is 0.0693 e. The van der Waals surface area contributed by atoms with Crippen LogP contribution in [0.3, 0.4) is 0 Å². The van der Waals surface area contributed by atoms with Gasteiger partial charge in [-0.1, -0.05) is 19.3 Å². The molecule has 0 radical (unpaired) electrons. The third-order valence-electron chi connectivity index (χ3n) is 2.78. The summed E-state index contributed by atoms with van der Waals surface area (Å²) in [6, 6.07) is 0.223. The van der Waals surface area contributed by atoms with Crippen molar-refractivity contribution in [1.82, 2.24) is 5.32 Å². The van der Waals surface area contributed by atoms with Crippen molar-refractivity contribution in [2.75, 3.05) is 18.6 Å². The molecule has 0 spiro atoms. The van der Waals surface area contributed by atoms with Gasteiger partial charge in [0.1, 0.15) is 0 Å². The highest BCUT2D eigenvalue weighted by Crippen LogP contribution is 2.17. The van der Waals surface area contributed by atoms with Gasteiger partial charge in [-0.15, -0.1) is 0 Å². The van der Waals surface area contributed by atoms with Crippen LogP contribution in [0.5, 0.6) is 0 Å². The van der Waals surface area contributed by atoms with Crippen molar-refractivity contribution in [1.29, 1.82) is 0 Å². The van der Waals surface area contributed by atoms with Crippen molar-refractivity contribution in [2.45, 2.75) is 44.2 Å². The van der Waals surface area contributed by atoms with Gasteiger partial charge in [-0.3, -0.25) is 4.21 Å². The molecule has 0 heterocycles. The molecule has 3 nitrogen and oxygen atoms in total. The Morgan fingerprint density at radius 2 is 2.07 bits per heavy atom. The summed E-state index contributed by atoms with van der Waals surface area (Å²) in [5.74, 6) is 0.684. The molecule has 0 aromatic heterocycles. The summed E-state index contributed by atoms with van der Waals surface area (Å²) in [6.45, 7) is 0.755. The maximum absolute atomic E-state index is 10.8. The first-order valence-electron chi connectivity index (χ1n) is 5.41. The van der Waals surface area contributed by atoms with E-state index in [1.54, 1.807) is 6.26 Å². The Balaban J connectivity index is 2.22. The van der Waals surface area contributed by atoms with Crippen LogP contribution in [0.4, 0.5) is 0 Å². The van der Waals surface area contributed by atoms with E-state index < -0.39 is 10.8 Å². The largest absolute Gasteiger partial charge is 0.392 e. The van der Waals surface area contributed by atoms with Crippen LogP contribution in [0.2, 0.25) is 0 Å². The fourth-order valence-electron chi connectivity index (χ4n) is 1.91. The second-order valence-electron chi connectivity index (χ2n) is 4.04. The topological polar surface area (TPSA) is 49.3 Å². The molecule has 0 aromatic carbocycles. The third kappa shape index (κ3) is 4.53. The van der Waals surface area contributed by atoms with Gasteiger partial charge in [0.2, 0.25) is 0 Å². The lowest BCUT2D eigenvalue weighted by Crippen LogP contribution is -2.40. The molecular weight excluding hydrogens is 198 g/mol. The number of rotatable bonds is 4. The average molecular weight is 219 g/mol. The molecule has 1 aliphatic carbocycles. The summed E-state index contributed by atoms with van der Waals surface area (Å²) in [4.78, 5) is 0. The zero-order valence-corrected chi connectivity index (χ0v) is 9.68. The van der Waals surface area contributed by atoms with Crippen LogP contribution in [0, 0.1) is 0 Å². The van der Waals surface area contributed by atoms with Crippen LogP contribution in [-0.2, 0) is 10.8 Å². The SMILES string of the molecule is CS(=O)CCNC1CCCCCC1O. The second kappa shape index (κ2) is 6.53. The van der Waals surface area contributed by atoms with Crippen molar-refractivity contribution < 1.29 is 9.32 Å². The maximum Gasteiger partial charge on any atom is 0.0693 e. The van der Waals surface area contributed by atoms with Gasteiger partial charge in [-0.05, 0) is 12.8 Å². The van der Waals surface area contributed by atoms with E-state index in [1.165, 1.54) is 12.8 Å². The lowest BCUT2D eigenvalue weighted by Gasteiger charge is -2.21. The van der Waals surface area contributed by atoms with E-state index in [2.05, 4.69) is 5.32 Å². The first-order valence-corrected chi connectivity index (χ1v) is 7.14. The molecule has 3 unspecified atom stereocenters. The maximum atomic E-state index is 10.8. The fraction of sp³-hybridized carbons (Fsp3) is 1.00. The minimum absolute atomic E-state index is 0.206. The van der Waals surface area contributed by atoms with Crippen molar-refractivity contribution in [2.24, 2.45) is 0 Å². The van der Waals surface area contributed by atoms with E-state index in [9.17, 15) is 9.32 Å². The monoisotopic (exact) mass is 219 g/mol. The number of aliphatic hydroxyl groups is 1. The van der Waals surface area contributed by atoms with Gasteiger partial charge >= 0.3 is 0 Å². The van der Waals surface area contributed by atoms with Crippen molar-refractivity contribution in [3.8, 4) is 0 Å². The van der Waals surface area contributed by atoms with Crippen LogP contribution < -0.4 is 5.32 Å². The minimum atomic E-state index is -0.730. The predicted molar refractivity (Wildman–Crippen MR) is 59.8 cm³/mol. The first kappa shape index (κ1) is 12.1. The zero-order chi connectivity index (χ0) is 10.4. The molecule has 2 N–H and O–H groups in total. The standard InChI is InChI=1S/C10H21NO2S/c1-14(13)8-7-11-9-5-3-2-4-6-10(9)12/h9-12H,2-8H2,1H3. The summed E-state index contributed by atoms with van der Waals surface area (Å²) in [6.07, 6.45) is 7.04. The average Bonchev–Trinajstić information content (AvgIpc) is 2.31. The summed E-state index contributed by atoms with van der Waals surface area (Å²) < 4.78 is 10.8. The van der Waals surface area contributed by atoms with E-state index in [-0.39, 0.29) is 12.1 Å². The highest BCUT2D eigenvalue weighted by Gasteiger charge is 2.20. The summed E-state index contributed by atoms with van der Waals surface area (Å²) >= 11 is 0. The molecular formula is C10H21NO2S. The molecule has 0 amide bonds. The van der Waals surface area contributed by atoms with E-state index in [4.69, 9.17) is 0 Å². The summed E-state index contributed by atoms with van der Waals surface area (Å²) in [7, 11) is -0.730. The molecule has 84 valence electrons. The second-order valence-corrected chi connectivity index (χ2v) is 5.60. The highest BCUT2D eigenvalue weighted by atomic mass is 32.2. The Hall–Kier alpha value is 0.0700. The quantitative estimate of drug-likeness (QED) is 0.683. The molecule has 0 aliphatic heterocycles. The molecule has 0 bridgehead atoms. The van der Waals surface area contributed by atoms with Crippen LogP contribution >= 0.6 is 0 Å². The summed E-state index contributed by atoms with van der Waals surface area (Å²) in [5.41, 5.74) is 0. The van der Waals surface area contributed by atoms with Gasteiger partial charge in [-0.25, -0.2) is 0 Å². The van der Waals surface area contributed by atoms with Crippen molar-refractivity contribution in [3.63, 3.8) is 0 Å². The van der Waals surface area contributed by atoms with Gasteiger partial charge in [0, 0.05) is 35.4 Å². The molecule has 0 aromatic rings. The number of hydrogen-bond donors (Lipinski definition) is 2. The van der Waals surface area contributed by atoms with Gasteiger partial charge < -0.3 is 10.4 Å². The lowest BCUT2D eigenvalue weighted by atomic mass is 10.1. The van der Waals surface area contributed by atoms with Crippen molar-refractivity contribution >= 4 is 10.8 Å². The molecule has 3 atom stereocenters. The van der Waals surface area contributed by atoms with Crippen LogP contribution in [0.1, 0.15) is 32.1 Å². The Morgan fingerprint density at radius 1 is 1.36 bits per heavy atom. The Morgan fingerprint density at radius 3 is 2.79 bits per heavy atom. The van der Waals surface area contributed by atoms with Crippen LogP contribution in [0.15, 0.2) is 0 Å². The Kier molecular flexibility index (Phi) is 5.67. The van der Waals surface area contributed by atoms with E-state index in [0.717, 1.165) is 25.8 Å². The summed E-state index contributed by atoms with van der Waals surface area (Å²) in [5, 5.41) is 13.1. The molecule has 1 fully saturated rings. The normalized spacial score (nSPS) is 31.0. The minimum Gasteiger partial charge on any atom is -0.392 e. The molecule has 0 saturated heterocycles. The van der Waals surface area contributed by atoms with Crippen molar-refractivity contribution in [3.05, 3.63) is 0 Å². The van der Waals surface area contributed by atoms with Gasteiger partial charge in [0.15, 0.2) is 0 Å². The van der Waals surface area contributed by atoms with Gasteiger partial charge in [0.05, 0.1) is 6.10 Å². The number of nitrogens with one attached hydrogen (secondary N) is 1. The van der Waals surface area contributed by atoms with E-state index >= 15 is 0 Å². The predicted octanol–water partition coefficient (Wildman–Crippen LogP) is 0.648. The Labute approximate surface area is 88.7 Å². The molecule has 4 heteroatoms. The third-order valence-corrected chi connectivity index (χ3v) is 3.55. The Bertz CT molecular complexity index is 187. The molecule has 14 heavy (non-hydrogen) atoms. The number of aliphatic hydroxyl groups excluding tert-OH is 1. The molecule has 1 rings (SSSR count). The van der Waals surface area contributed by atoms with Gasteiger partial charge in [-0.2, -0.15) is 0 Å². The van der Waals surface area contributed by atoms with E-state index in [0.29, 0.717) is 5.75 Å². The van der Waals surface area contributed by atoms with Crippen LogP contribution in [-0.4, -0.2) is 40.0 Å². The van der Waals surface area contributed by atoms with E-state index in [1.807, 2.05) is 0 Å². The fourth-order valence-corrected chi connectivity index (χ4v) is 2.32.